The van der Waals surface area contributed by atoms with E-state index in [4.69, 9.17) is 0 Å². The summed E-state index contributed by atoms with van der Waals surface area (Å²) in [6.07, 6.45) is 2.55. The van der Waals surface area contributed by atoms with Crippen LogP contribution in [0.5, 0.6) is 0 Å². The van der Waals surface area contributed by atoms with Gasteiger partial charge in [0.1, 0.15) is 0 Å². The molecule has 0 unspecified atom stereocenters. The van der Waals surface area contributed by atoms with Crippen molar-refractivity contribution in [3.05, 3.63) is 41.7 Å². The molecule has 0 aliphatic carbocycles. The van der Waals surface area contributed by atoms with E-state index < -0.39 is 5.97 Å². The molecule has 1 amide bonds. The van der Waals surface area contributed by atoms with E-state index in [1.54, 1.807) is 10.9 Å². The van der Waals surface area contributed by atoms with Crippen LogP contribution in [0, 0.1) is 0 Å². The third-order valence-electron chi connectivity index (χ3n) is 4.25. The second-order valence-corrected chi connectivity index (χ2v) is 6.09. The van der Waals surface area contributed by atoms with Crippen molar-refractivity contribution in [3.8, 4) is 0 Å². The number of nitrogens with one attached hydrogen (secondary N) is 1. The molecule has 0 radical (unpaired) electrons. The van der Waals surface area contributed by atoms with Crippen LogP contribution in [0.4, 0.5) is 5.69 Å². The Labute approximate surface area is 145 Å². The summed E-state index contributed by atoms with van der Waals surface area (Å²) in [5, 5.41) is 10.8. The van der Waals surface area contributed by atoms with Gasteiger partial charge >= 0.3 is 5.97 Å². The van der Waals surface area contributed by atoms with Gasteiger partial charge in [-0.25, -0.2) is 9.48 Å². The maximum atomic E-state index is 11.5. The van der Waals surface area contributed by atoms with Gasteiger partial charge in [0.15, 0.2) is 5.69 Å². The lowest BCUT2D eigenvalue weighted by Crippen LogP contribution is -2.22. The lowest BCUT2D eigenvalue weighted by atomic mass is 10.1. The van der Waals surface area contributed by atoms with E-state index in [0.717, 1.165) is 37.3 Å². The Kier molecular flexibility index (Phi) is 5.08. The van der Waals surface area contributed by atoms with Gasteiger partial charge in [0, 0.05) is 32.2 Å². The molecule has 1 saturated heterocycles. The zero-order valence-corrected chi connectivity index (χ0v) is 14.3. The van der Waals surface area contributed by atoms with Crippen molar-refractivity contribution in [2.45, 2.75) is 25.9 Å². The first kappa shape index (κ1) is 17.1. The first-order chi connectivity index (χ1) is 12.1. The van der Waals surface area contributed by atoms with Gasteiger partial charge < -0.3 is 10.1 Å². The number of rotatable bonds is 5. The molecule has 0 spiro atoms. The Bertz CT molecular complexity index is 773. The van der Waals surface area contributed by atoms with E-state index in [1.165, 1.54) is 14.0 Å². The van der Waals surface area contributed by atoms with Crippen molar-refractivity contribution in [1.82, 2.24) is 19.9 Å². The van der Waals surface area contributed by atoms with Crippen molar-refractivity contribution in [2.24, 2.45) is 0 Å². The normalized spacial score (nSPS) is 17.4. The number of carbonyl (C=O) groups excluding carboxylic acids is 2. The summed E-state index contributed by atoms with van der Waals surface area (Å²) in [6, 6.07) is 7.96. The number of hydrogen-bond donors (Lipinski definition) is 1. The average Bonchev–Trinajstić information content (AvgIpc) is 3.24. The van der Waals surface area contributed by atoms with Crippen LogP contribution in [0.3, 0.4) is 0 Å². The quantitative estimate of drug-likeness (QED) is 0.827. The van der Waals surface area contributed by atoms with Gasteiger partial charge in [0.05, 0.1) is 19.3 Å². The SMILES string of the molecule is COC(=O)c1cn([C@@H]2CCN(Cc3ccccc3NC(C)=O)C2)nn1. The highest BCUT2D eigenvalue weighted by atomic mass is 16.5. The fraction of sp³-hybridized carbons (Fsp3) is 0.412. The first-order valence-corrected chi connectivity index (χ1v) is 8.15. The van der Waals surface area contributed by atoms with E-state index in [9.17, 15) is 9.59 Å². The second-order valence-electron chi connectivity index (χ2n) is 6.09. The Balaban J connectivity index is 1.65. The second kappa shape index (κ2) is 7.43. The Hall–Kier alpha value is -2.74. The summed E-state index contributed by atoms with van der Waals surface area (Å²) in [4.78, 5) is 25.1. The van der Waals surface area contributed by atoms with E-state index in [-0.39, 0.29) is 17.6 Å². The lowest BCUT2D eigenvalue weighted by molar-refractivity contribution is -0.114. The van der Waals surface area contributed by atoms with Crippen LogP contribution < -0.4 is 5.32 Å². The number of likely N-dealkylation sites (tertiary alicyclic amines) is 1. The van der Waals surface area contributed by atoms with E-state index in [0.29, 0.717) is 0 Å². The van der Waals surface area contributed by atoms with Crippen LogP contribution in [-0.2, 0) is 16.1 Å². The molecule has 0 saturated carbocycles. The molecular formula is C17H21N5O3. The molecule has 132 valence electrons. The van der Waals surface area contributed by atoms with Gasteiger partial charge in [-0.2, -0.15) is 0 Å². The topological polar surface area (TPSA) is 89.4 Å². The maximum Gasteiger partial charge on any atom is 0.360 e. The predicted octanol–water partition coefficient (Wildman–Crippen LogP) is 1.47. The van der Waals surface area contributed by atoms with Gasteiger partial charge in [-0.15, -0.1) is 5.10 Å². The first-order valence-electron chi connectivity index (χ1n) is 8.15. The summed E-state index contributed by atoms with van der Waals surface area (Å²) in [6.45, 7) is 3.96. The molecule has 1 atom stereocenters. The predicted molar refractivity (Wildman–Crippen MR) is 91.0 cm³/mol. The number of ether oxygens (including phenoxy) is 1. The molecule has 25 heavy (non-hydrogen) atoms. The number of hydrogen-bond acceptors (Lipinski definition) is 6. The van der Waals surface area contributed by atoms with Crippen molar-refractivity contribution in [2.75, 3.05) is 25.5 Å². The lowest BCUT2D eigenvalue weighted by Gasteiger charge is -2.18. The number of benzene rings is 1. The van der Waals surface area contributed by atoms with Crippen LogP contribution in [0.1, 0.15) is 35.4 Å². The highest BCUT2D eigenvalue weighted by Gasteiger charge is 2.26. The minimum Gasteiger partial charge on any atom is -0.464 e. The fourth-order valence-electron chi connectivity index (χ4n) is 3.04. The zero-order valence-electron chi connectivity index (χ0n) is 14.3. The molecule has 1 fully saturated rings. The molecular weight excluding hydrogens is 322 g/mol. The van der Waals surface area contributed by atoms with E-state index in [1.807, 2.05) is 24.3 Å². The summed E-state index contributed by atoms with van der Waals surface area (Å²) in [5.41, 5.74) is 2.14. The molecule has 1 aliphatic heterocycles. The third kappa shape index (κ3) is 4.03. The number of amides is 1. The molecule has 0 bridgehead atoms. The Morgan fingerprint density at radius 2 is 2.16 bits per heavy atom. The van der Waals surface area contributed by atoms with Crippen molar-refractivity contribution in [1.29, 1.82) is 0 Å². The number of para-hydroxylation sites is 1. The van der Waals surface area contributed by atoms with Gasteiger partial charge in [0.25, 0.3) is 0 Å². The van der Waals surface area contributed by atoms with Crippen LogP contribution in [0.15, 0.2) is 30.5 Å². The Morgan fingerprint density at radius 3 is 2.92 bits per heavy atom. The smallest absolute Gasteiger partial charge is 0.360 e. The number of nitrogens with zero attached hydrogens (tertiary/aromatic N) is 4. The third-order valence-corrected chi connectivity index (χ3v) is 4.25. The molecule has 1 aliphatic rings. The molecule has 8 nitrogen and oxygen atoms in total. The van der Waals surface area contributed by atoms with Gasteiger partial charge in [-0.3, -0.25) is 9.69 Å². The number of esters is 1. The van der Waals surface area contributed by atoms with E-state index in [2.05, 4.69) is 25.3 Å². The molecule has 1 aromatic carbocycles. The molecule has 3 rings (SSSR count). The molecule has 2 aromatic rings. The van der Waals surface area contributed by atoms with E-state index >= 15 is 0 Å². The molecule has 1 N–H and O–H groups in total. The van der Waals surface area contributed by atoms with Crippen molar-refractivity contribution in [3.63, 3.8) is 0 Å². The van der Waals surface area contributed by atoms with Crippen LogP contribution in [0.25, 0.3) is 0 Å². The summed E-state index contributed by atoms with van der Waals surface area (Å²) >= 11 is 0. The summed E-state index contributed by atoms with van der Waals surface area (Å²) in [7, 11) is 1.32. The minimum absolute atomic E-state index is 0.0790. The van der Waals surface area contributed by atoms with Crippen molar-refractivity contribution < 1.29 is 14.3 Å². The molecule has 8 heteroatoms. The highest BCUT2D eigenvalue weighted by molar-refractivity contribution is 5.89. The van der Waals surface area contributed by atoms with Gasteiger partial charge in [-0.1, -0.05) is 23.4 Å². The number of carbonyl (C=O) groups is 2. The monoisotopic (exact) mass is 343 g/mol. The number of methoxy groups -OCH3 is 1. The van der Waals surface area contributed by atoms with Gasteiger partial charge in [-0.05, 0) is 18.1 Å². The minimum atomic E-state index is -0.481. The highest BCUT2D eigenvalue weighted by Crippen LogP contribution is 2.25. The maximum absolute atomic E-state index is 11.5. The Morgan fingerprint density at radius 1 is 1.36 bits per heavy atom. The summed E-state index contributed by atoms with van der Waals surface area (Å²) in [5.74, 6) is -0.560. The summed E-state index contributed by atoms with van der Waals surface area (Å²) < 4.78 is 6.39. The number of aromatic nitrogens is 3. The number of anilines is 1. The van der Waals surface area contributed by atoms with Crippen LogP contribution in [-0.4, -0.2) is 52.0 Å². The van der Waals surface area contributed by atoms with Crippen LogP contribution >= 0.6 is 0 Å². The van der Waals surface area contributed by atoms with Crippen LogP contribution in [0.2, 0.25) is 0 Å². The largest absolute Gasteiger partial charge is 0.464 e. The fourth-order valence-corrected chi connectivity index (χ4v) is 3.04. The average molecular weight is 343 g/mol. The van der Waals surface area contributed by atoms with Gasteiger partial charge in [0.2, 0.25) is 5.91 Å². The zero-order chi connectivity index (χ0) is 17.8. The molecule has 2 heterocycles. The molecule has 1 aromatic heterocycles. The standard InChI is InChI=1S/C17H21N5O3/c1-12(23)18-15-6-4-3-5-13(15)9-21-8-7-14(10-21)22-11-16(19-20-22)17(24)25-2/h3-6,11,14H,7-10H2,1-2H3,(H,18,23)/t14-/m1/s1. The van der Waals surface area contributed by atoms with Crippen molar-refractivity contribution >= 4 is 17.6 Å².